The number of rotatable bonds is 5. The molecule has 0 aliphatic carbocycles. The molecule has 1 amide bonds. The third kappa shape index (κ3) is 3.95. The largest absolute Gasteiger partial charge is 0.337 e. The molecule has 2 rings (SSSR count). The fourth-order valence-corrected chi connectivity index (χ4v) is 2.53. The highest BCUT2D eigenvalue weighted by molar-refractivity contribution is 6.36. The molecule has 0 spiro atoms. The van der Waals surface area contributed by atoms with Crippen molar-refractivity contribution >= 4 is 29.1 Å². The van der Waals surface area contributed by atoms with Gasteiger partial charge in [0.1, 0.15) is 5.69 Å². The van der Waals surface area contributed by atoms with Gasteiger partial charge < -0.3 is 4.90 Å². The summed E-state index contributed by atoms with van der Waals surface area (Å²) in [5.41, 5.74) is 1.40. The molecular weight excluding hydrogens is 311 g/mol. The highest BCUT2D eigenvalue weighted by Crippen LogP contribution is 2.25. The third-order valence-corrected chi connectivity index (χ3v) is 3.84. The van der Waals surface area contributed by atoms with Crippen molar-refractivity contribution in [1.82, 2.24) is 19.9 Å². The van der Waals surface area contributed by atoms with E-state index in [2.05, 4.69) is 10.3 Å². The van der Waals surface area contributed by atoms with E-state index in [4.69, 9.17) is 23.2 Å². The summed E-state index contributed by atoms with van der Waals surface area (Å²) in [5.74, 6) is -0.0434. The summed E-state index contributed by atoms with van der Waals surface area (Å²) in [6.45, 7) is 2.92. The molecule has 1 aromatic carbocycles. The van der Waals surface area contributed by atoms with Crippen LogP contribution in [0.3, 0.4) is 0 Å². The fraction of sp³-hybridized carbons (Fsp3) is 0.357. The lowest BCUT2D eigenvalue weighted by Crippen LogP contribution is -2.31. The molecule has 0 aliphatic heterocycles. The molecule has 0 saturated carbocycles. The summed E-state index contributed by atoms with van der Waals surface area (Å²) < 4.78 is 1.61. The van der Waals surface area contributed by atoms with Gasteiger partial charge in [-0.05, 0) is 24.6 Å². The Labute approximate surface area is 133 Å². The van der Waals surface area contributed by atoms with Crippen LogP contribution in [0, 0.1) is 0 Å². The number of aromatic nitrogens is 3. The minimum absolute atomic E-state index is 0.0434. The van der Waals surface area contributed by atoms with Gasteiger partial charge in [0.05, 0.1) is 13.0 Å². The van der Waals surface area contributed by atoms with E-state index in [1.807, 2.05) is 6.92 Å². The van der Waals surface area contributed by atoms with Crippen LogP contribution in [0.25, 0.3) is 0 Å². The van der Waals surface area contributed by atoms with Crippen LogP contribution < -0.4 is 0 Å². The number of carbonyl (C=O) groups is 1. The standard InChI is InChI=1S/C14H16Cl2N4O/c1-3-20(9-10-8-19(2)18-17-10)14(21)7-11-12(15)5-4-6-13(11)16/h4-6,8H,3,7,9H2,1-2H3. The molecule has 1 aromatic heterocycles. The minimum atomic E-state index is -0.0434. The molecule has 5 nitrogen and oxygen atoms in total. The molecule has 0 N–H and O–H groups in total. The zero-order chi connectivity index (χ0) is 15.4. The van der Waals surface area contributed by atoms with Crippen LogP contribution in [0.2, 0.25) is 10.0 Å². The highest BCUT2D eigenvalue weighted by atomic mass is 35.5. The second kappa shape index (κ2) is 6.91. The van der Waals surface area contributed by atoms with Gasteiger partial charge in [-0.2, -0.15) is 0 Å². The first-order chi connectivity index (χ1) is 10.0. The van der Waals surface area contributed by atoms with Crippen LogP contribution >= 0.6 is 23.2 Å². The third-order valence-electron chi connectivity index (χ3n) is 3.13. The molecule has 0 radical (unpaired) electrons. The average Bonchev–Trinajstić information content (AvgIpc) is 2.85. The minimum Gasteiger partial charge on any atom is -0.337 e. The SMILES string of the molecule is CCN(Cc1cn(C)nn1)C(=O)Cc1c(Cl)cccc1Cl. The van der Waals surface area contributed by atoms with Gasteiger partial charge in [0.25, 0.3) is 0 Å². The Kier molecular flexibility index (Phi) is 5.20. The summed E-state index contributed by atoms with van der Waals surface area (Å²) in [6, 6.07) is 5.22. The van der Waals surface area contributed by atoms with Crippen LogP contribution in [0.15, 0.2) is 24.4 Å². The molecule has 2 aromatic rings. The second-order valence-electron chi connectivity index (χ2n) is 4.67. The molecule has 21 heavy (non-hydrogen) atoms. The predicted octanol–water partition coefficient (Wildman–Crippen LogP) is 2.71. The van der Waals surface area contributed by atoms with Gasteiger partial charge in [-0.25, -0.2) is 0 Å². The molecule has 0 unspecified atom stereocenters. The Morgan fingerprint density at radius 2 is 2.00 bits per heavy atom. The van der Waals surface area contributed by atoms with Gasteiger partial charge in [0.2, 0.25) is 5.91 Å². The van der Waals surface area contributed by atoms with E-state index in [-0.39, 0.29) is 12.3 Å². The Bertz CT molecular complexity index is 621. The first-order valence-electron chi connectivity index (χ1n) is 6.57. The van der Waals surface area contributed by atoms with Crippen molar-refractivity contribution < 1.29 is 4.79 Å². The lowest BCUT2D eigenvalue weighted by molar-refractivity contribution is -0.130. The molecule has 1 heterocycles. The van der Waals surface area contributed by atoms with Crippen LogP contribution in [-0.2, 0) is 24.8 Å². The molecule has 112 valence electrons. The number of halogens is 2. The highest BCUT2D eigenvalue weighted by Gasteiger charge is 2.17. The number of aryl methyl sites for hydroxylation is 1. The van der Waals surface area contributed by atoms with Crippen molar-refractivity contribution in [2.45, 2.75) is 19.9 Å². The number of carbonyl (C=O) groups excluding carboxylic acids is 1. The maximum absolute atomic E-state index is 12.4. The second-order valence-corrected chi connectivity index (χ2v) is 5.48. The van der Waals surface area contributed by atoms with Crippen molar-refractivity contribution in [2.24, 2.45) is 7.05 Å². The van der Waals surface area contributed by atoms with Crippen LogP contribution in [0.5, 0.6) is 0 Å². The van der Waals surface area contributed by atoms with E-state index >= 15 is 0 Å². The van der Waals surface area contributed by atoms with Gasteiger partial charge in [-0.1, -0.05) is 34.5 Å². The normalized spacial score (nSPS) is 10.7. The maximum Gasteiger partial charge on any atom is 0.227 e. The Morgan fingerprint density at radius 3 is 2.52 bits per heavy atom. The number of amides is 1. The van der Waals surface area contributed by atoms with E-state index in [1.165, 1.54) is 0 Å². The van der Waals surface area contributed by atoms with Gasteiger partial charge in [0.15, 0.2) is 0 Å². The molecule has 7 heteroatoms. The summed E-state index contributed by atoms with van der Waals surface area (Å²) in [6.07, 6.45) is 1.96. The zero-order valence-electron chi connectivity index (χ0n) is 11.9. The van der Waals surface area contributed by atoms with Crippen molar-refractivity contribution in [3.8, 4) is 0 Å². The number of hydrogen-bond acceptors (Lipinski definition) is 3. The lowest BCUT2D eigenvalue weighted by Gasteiger charge is -2.20. The van der Waals surface area contributed by atoms with Crippen LogP contribution in [0.4, 0.5) is 0 Å². The monoisotopic (exact) mass is 326 g/mol. The maximum atomic E-state index is 12.4. The lowest BCUT2D eigenvalue weighted by atomic mass is 10.1. The van der Waals surface area contributed by atoms with Gasteiger partial charge >= 0.3 is 0 Å². The van der Waals surface area contributed by atoms with Crippen molar-refractivity contribution in [2.75, 3.05) is 6.54 Å². The average molecular weight is 327 g/mol. The quantitative estimate of drug-likeness (QED) is 0.848. The van der Waals surface area contributed by atoms with Crippen LogP contribution in [-0.4, -0.2) is 32.3 Å². The summed E-state index contributed by atoms with van der Waals surface area (Å²) in [7, 11) is 1.79. The first-order valence-corrected chi connectivity index (χ1v) is 7.32. The molecule has 0 atom stereocenters. The Hall–Kier alpha value is -1.59. The Morgan fingerprint density at radius 1 is 1.33 bits per heavy atom. The topological polar surface area (TPSA) is 51.0 Å². The molecule has 0 fully saturated rings. The van der Waals surface area contributed by atoms with Gasteiger partial charge in [-0.3, -0.25) is 9.48 Å². The summed E-state index contributed by atoms with van der Waals surface area (Å²) in [5, 5.41) is 8.87. The van der Waals surface area contributed by atoms with Gasteiger partial charge in [0, 0.05) is 29.8 Å². The fourth-order valence-electron chi connectivity index (χ4n) is 2.00. The van der Waals surface area contributed by atoms with Crippen molar-refractivity contribution in [1.29, 1.82) is 0 Å². The van der Waals surface area contributed by atoms with E-state index in [0.29, 0.717) is 28.7 Å². The Balaban J connectivity index is 2.10. The number of hydrogen-bond donors (Lipinski definition) is 0. The number of benzene rings is 1. The molecular formula is C14H16Cl2N4O. The molecule has 0 aliphatic rings. The first kappa shape index (κ1) is 15.8. The zero-order valence-corrected chi connectivity index (χ0v) is 13.4. The molecule has 0 saturated heterocycles. The smallest absolute Gasteiger partial charge is 0.227 e. The summed E-state index contributed by atoms with van der Waals surface area (Å²) in [4.78, 5) is 14.1. The number of nitrogens with zero attached hydrogens (tertiary/aromatic N) is 4. The van der Waals surface area contributed by atoms with Crippen molar-refractivity contribution in [3.05, 3.63) is 45.7 Å². The number of likely N-dealkylation sites (N-methyl/N-ethyl adjacent to an activating group) is 1. The van der Waals surface area contributed by atoms with E-state index in [0.717, 1.165) is 5.69 Å². The molecule has 0 bridgehead atoms. The summed E-state index contributed by atoms with van der Waals surface area (Å²) >= 11 is 12.2. The predicted molar refractivity (Wildman–Crippen MR) is 82.3 cm³/mol. The van der Waals surface area contributed by atoms with Gasteiger partial charge in [-0.15, -0.1) is 5.10 Å². The van der Waals surface area contributed by atoms with Crippen molar-refractivity contribution in [3.63, 3.8) is 0 Å². The van der Waals surface area contributed by atoms with E-state index in [9.17, 15) is 4.79 Å². The van der Waals surface area contributed by atoms with E-state index in [1.54, 1.807) is 41.0 Å². The van der Waals surface area contributed by atoms with E-state index < -0.39 is 0 Å². The van der Waals surface area contributed by atoms with Crippen LogP contribution in [0.1, 0.15) is 18.2 Å².